The number of nitrogens with two attached hydrogens (primary N) is 1. The van der Waals surface area contributed by atoms with E-state index in [2.05, 4.69) is 25.2 Å². The van der Waals surface area contributed by atoms with Crippen molar-refractivity contribution in [2.45, 2.75) is 33.6 Å². The Bertz CT molecular complexity index is 397. The molecule has 0 fully saturated rings. The number of carbonyl (C=O) groups is 1. The van der Waals surface area contributed by atoms with Gasteiger partial charge in [0.1, 0.15) is 0 Å². The molecule has 0 aliphatic heterocycles. The average molecular weight is 234 g/mol. The van der Waals surface area contributed by atoms with Gasteiger partial charge in [-0.05, 0) is 37.5 Å². The Morgan fingerprint density at radius 1 is 1.41 bits per heavy atom. The quantitative estimate of drug-likeness (QED) is 0.841. The van der Waals surface area contributed by atoms with Gasteiger partial charge in [-0.25, -0.2) is 0 Å². The maximum Gasteiger partial charge on any atom is 0.231 e. The van der Waals surface area contributed by atoms with Crippen molar-refractivity contribution >= 4 is 11.6 Å². The molecule has 3 nitrogen and oxygen atoms in total. The number of rotatable bonds is 4. The van der Waals surface area contributed by atoms with E-state index in [1.807, 2.05) is 32.0 Å². The fraction of sp³-hybridized carbons (Fsp3) is 0.500. The predicted octanol–water partition coefficient (Wildman–Crippen LogP) is 2.73. The Hall–Kier alpha value is -1.35. The van der Waals surface area contributed by atoms with Crippen LogP contribution in [0, 0.1) is 5.41 Å². The second kappa shape index (κ2) is 5.32. The monoisotopic (exact) mass is 234 g/mol. The minimum Gasteiger partial charge on any atom is -0.329 e. The minimum absolute atomic E-state index is 0.0408. The van der Waals surface area contributed by atoms with Gasteiger partial charge in [-0.1, -0.05) is 26.0 Å². The zero-order chi connectivity index (χ0) is 13.1. The van der Waals surface area contributed by atoms with Crippen LogP contribution in [0.3, 0.4) is 0 Å². The lowest BCUT2D eigenvalue weighted by molar-refractivity contribution is -0.123. The summed E-state index contributed by atoms with van der Waals surface area (Å²) >= 11 is 0. The van der Waals surface area contributed by atoms with E-state index in [0.717, 1.165) is 5.69 Å². The molecule has 1 rings (SSSR count). The second-order valence-electron chi connectivity index (χ2n) is 5.32. The topological polar surface area (TPSA) is 55.1 Å². The van der Waals surface area contributed by atoms with Crippen molar-refractivity contribution in [2.75, 3.05) is 11.9 Å². The third kappa shape index (κ3) is 3.56. The SMILES string of the molecule is CC(C)c1cccc(NC(=O)C(C)(C)CN)c1. The van der Waals surface area contributed by atoms with Crippen LogP contribution in [0.2, 0.25) is 0 Å². The zero-order valence-corrected chi connectivity index (χ0v) is 11.1. The standard InChI is InChI=1S/C14H22N2O/c1-10(2)11-6-5-7-12(8-11)16-13(17)14(3,4)9-15/h5-8,10H,9,15H2,1-4H3,(H,16,17). The average Bonchev–Trinajstić information content (AvgIpc) is 2.29. The van der Waals surface area contributed by atoms with Crippen molar-refractivity contribution in [3.05, 3.63) is 29.8 Å². The Labute approximate surface area is 103 Å². The fourth-order valence-corrected chi connectivity index (χ4v) is 1.37. The maximum absolute atomic E-state index is 12.0. The zero-order valence-electron chi connectivity index (χ0n) is 11.1. The molecular weight excluding hydrogens is 212 g/mol. The van der Waals surface area contributed by atoms with Gasteiger partial charge in [-0.2, -0.15) is 0 Å². The molecule has 1 amide bonds. The van der Waals surface area contributed by atoms with E-state index in [0.29, 0.717) is 12.5 Å². The van der Waals surface area contributed by atoms with Crippen molar-refractivity contribution in [3.63, 3.8) is 0 Å². The maximum atomic E-state index is 12.0. The van der Waals surface area contributed by atoms with E-state index in [4.69, 9.17) is 5.73 Å². The Morgan fingerprint density at radius 2 is 2.06 bits per heavy atom. The van der Waals surface area contributed by atoms with E-state index >= 15 is 0 Å². The molecule has 0 radical (unpaired) electrons. The first-order valence-electron chi connectivity index (χ1n) is 5.98. The number of hydrogen-bond donors (Lipinski definition) is 2. The molecule has 0 atom stereocenters. The Balaban J connectivity index is 2.82. The molecule has 0 bridgehead atoms. The molecule has 0 aliphatic carbocycles. The summed E-state index contributed by atoms with van der Waals surface area (Å²) in [5, 5.41) is 2.91. The Kier molecular flexibility index (Phi) is 4.29. The minimum atomic E-state index is -0.534. The summed E-state index contributed by atoms with van der Waals surface area (Å²) in [5.74, 6) is 0.412. The second-order valence-corrected chi connectivity index (χ2v) is 5.32. The first-order chi connectivity index (χ1) is 7.86. The van der Waals surface area contributed by atoms with E-state index in [1.54, 1.807) is 0 Å². The highest BCUT2D eigenvalue weighted by atomic mass is 16.2. The van der Waals surface area contributed by atoms with Crippen LogP contribution in [0.5, 0.6) is 0 Å². The molecule has 3 N–H and O–H groups in total. The van der Waals surface area contributed by atoms with Gasteiger partial charge >= 0.3 is 0 Å². The molecule has 17 heavy (non-hydrogen) atoms. The molecule has 0 heterocycles. The fourth-order valence-electron chi connectivity index (χ4n) is 1.37. The molecule has 3 heteroatoms. The van der Waals surface area contributed by atoms with Crippen molar-refractivity contribution in [2.24, 2.45) is 11.1 Å². The predicted molar refractivity (Wildman–Crippen MR) is 72.0 cm³/mol. The van der Waals surface area contributed by atoms with Crippen molar-refractivity contribution in [3.8, 4) is 0 Å². The largest absolute Gasteiger partial charge is 0.329 e. The number of nitrogens with one attached hydrogen (secondary N) is 1. The van der Waals surface area contributed by atoms with Crippen LogP contribution in [-0.2, 0) is 4.79 Å². The van der Waals surface area contributed by atoms with Crippen molar-refractivity contribution in [1.29, 1.82) is 0 Å². The van der Waals surface area contributed by atoms with Crippen molar-refractivity contribution in [1.82, 2.24) is 0 Å². The third-order valence-electron chi connectivity index (χ3n) is 2.94. The molecule has 0 aromatic heterocycles. The van der Waals surface area contributed by atoms with Crippen LogP contribution in [0.1, 0.15) is 39.2 Å². The third-order valence-corrected chi connectivity index (χ3v) is 2.94. The van der Waals surface area contributed by atoms with Gasteiger partial charge in [0.25, 0.3) is 0 Å². The van der Waals surface area contributed by atoms with Gasteiger partial charge in [0.05, 0.1) is 5.41 Å². The lowest BCUT2D eigenvalue weighted by Gasteiger charge is -2.21. The highest BCUT2D eigenvalue weighted by molar-refractivity contribution is 5.95. The normalized spacial score (nSPS) is 11.6. The lowest BCUT2D eigenvalue weighted by Crippen LogP contribution is -2.37. The first-order valence-corrected chi connectivity index (χ1v) is 5.98. The first kappa shape index (κ1) is 13.7. The summed E-state index contributed by atoms with van der Waals surface area (Å²) < 4.78 is 0. The van der Waals surface area contributed by atoms with E-state index in [9.17, 15) is 4.79 Å². The van der Waals surface area contributed by atoms with Gasteiger partial charge in [-0.15, -0.1) is 0 Å². The van der Waals surface area contributed by atoms with E-state index in [1.165, 1.54) is 5.56 Å². The van der Waals surface area contributed by atoms with Crippen molar-refractivity contribution < 1.29 is 4.79 Å². The summed E-state index contributed by atoms with van der Waals surface area (Å²) in [6, 6.07) is 7.93. The molecule has 0 aliphatic rings. The summed E-state index contributed by atoms with van der Waals surface area (Å²) in [5.41, 5.74) is 7.10. The van der Waals surface area contributed by atoms with Gasteiger partial charge in [0.15, 0.2) is 0 Å². The van der Waals surface area contributed by atoms with Crippen LogP contribution in [-0.4, -0.2) is 12.5 Å². The van der Waals surface area contributed by atoms with Gasteiger partial charge in [0, 0.05) is 12.2 Å². The summed E-state index contributed by atoms with van der Waals surface area (Å²) in [4.78, 5) is 12.0. The lowest BCUT2D eigenvalue weighted by atomic mass is 9.92. The van der Waals surface area contributed by atoms with Crippen LogP contribution in [0.15, 0.2) is 24.3 Å². The Morgan fingerprint density at radius 3 is 2.59 bits per heavy atom. The van der Waals surface area contributed by atoms with Gasteiger partial charge in [-0.3, -0.25) is 4.79 Å². The van der Waals surface area contributed by atoms with Crippen LogP contribution in [0.4, 0.5) is 5.69 Å². The number of anilines is 1. The number of hydrogen-bond acceptors (Lipinski definition) is 2. The highest BCUT2D eigenvalue weighted by Gasteiger charge is 2.25. The van der Waals surface area contributed by atoms with E-state index < -0.39 is 5.41 Å². The molecule has 0 saturated heterocycles. The van der Waals surface area contributed by atoms with Crippen LogP contribution in [0.25, 0.3) is 0 Å². The summed E-state index contributed by atoms with van der Waals surface area (Å²) in [6.45, 7) is 8.28. The van der Waals surface area contributed by atoms with Gasteiger partial charge < -0.3 is 11.1 Å². The van der Waals surface area contributed by atoms with Crippen LogP contribution < -0.4 is 11.1 Å². The number of benzene rings is 1. The highest BCUT2D eigenvalue weighted by Crippen LogP contribution is 2.21. The molecule has 1 aromatic carbocycles. The molecule has 0 unspecified atom stereocenters. The number of carbonyl (C=O) groups excluding carboxylic acids is 1. The molecule has 0 saturated carbocycles. The van der Waals surface area contributed by atoms with E-state index in [-0.39, 0.29) is 5.91 Å². The number of amides is 1. The summed E-state index contributed by atoms with van der Waals surface area (Å²) in [6.07, 6.45) is 0. The van der Waals surface area contributed by atoms with Gasteiger partial charge in [0.2, 0.25) is 5.91 Å². The smallest absolute Gasteiger partial charge is 0.231 e. The summed E-state index contributed by atoms with van der Waals surface area (Å²) in [7, 11) is 0. The molecular formula is C14H22N2O. The molecule has 94 valence electrons. The van der Waals surface area contributed by atoms with Crippen LogP contribution >= 0.6 is 0 Å². The molecule has 0 spiro atoms. The molecule has 1 aromatic rings.